The van der Waals surface area contributed by atoms with Gasteiger partial charge in [0.15, 0.2) is 0 Å². The van der Waals surface area contributed by atoms with E-state index in [0.29, 0.717) is 0 Å². The number of carbonyl (C=O) groups excluding carboxylic acids is 3. The number of hydrogen-bond acceptors (Lipinski definition) is 6. The molecule has 0 bridgehead atoms. The Kier molecular flexibility index (Phi) is 8.89. The highest BCUT2D eigenvalue weighted by atomic mass is 16.4. The second-order valence-electron chi connectivity index (χ2n) is 6.60. The molecule has 1 rings (SSSR count). The molecule has 0 spiro atoms. The van der Waals surface area contributed by atoms with Gasteiger partial charge in [-0.1, -0.05) is 26.0 Å². The summed E-state index contributed by atoms with van der Waals surface area (Å²) in [4.78, 5) is 46.4. The van der Waals surface area contributed by atoms with Crippen molar-refractivity contribution in [1.82, 2.24) is 16.0 Å². The standard InChI is InChI=1S/C18H26N4O6/c1-10(2)16(18(27)28)22-15(25)9-20-14(24)8-21-17(26)13(19)7-11-3-5-12(23)6-4-11/h3-6,10,13,16,23H,7-9,19H2,1-2H3,(H,20,24)(H,21,26)(H,22,25)(H,27,28). The molecule has 1 aromatic rings. The van der Waals surface area contributed by atoms with Crippen molar-refractivity contribution in [2.45, 2.75) is 32.4 Å². The Labute approximate surface area is 162 Å². The molecule has 2 atom stereocenters. The van der Waals surface area contributed by atoms with Gasteiger partial charge in [0.1, 0.15) is 11.8 Å². The molecule has 0 fully saturated rings. The molecule has 7 N–H and O–H groups in total. The maximum atomic E-state index is 11.9. The van der Waals surface area contributed by atoms with Crippen LogP contribution < -0.4 is 21.7 Å². The quantitative estimate of drug-likeness (QED) is 0.287. The molecule has 0 aliphatic heterocycles. The van der Waals surface area contributed by atoms with Crippen molar-refractivity contribution >= 4 is 23.7 Å². The van der Waals surface area contributed by atoms with Gasteiger partial charge < -0.3 is 31.9 Å². The smallest absolute Gasteiger partial charge is 0.326 e. The summed E-state index contributed by atoms with van der Waals surface area (Å²) in [5.41, 5.74) is 6.53. The first-order valence-electron chi connectivity index (χ1n) is 8.70. The van der Waals surface area contributed by atoms with Gasteiger partial charge in [0.25, 0.3) is 0 Å². The molecule has 3 amide bonds. The number of nitrogens with two attached hydrogens (primary N) is 1. The molecule has 10 heteroatoms. The van der Waals surface area contributed by atoms with Crippen LogP contribution in [-0.4, -0.2) is 59.1 Å². The third kappa shape index (κ3) is 8.04. The number of aliphatic carboxylic acids is 1. The molecular weight excluding hydrogens is 368 g/mol. The van der Waals surface area contributed by atoms with Crippen LogP contribution in [0.25, 0.3) is 0 Å². The van der Waals surface area contributed by atoms with Crippen LogP contribution in [0.3, 0.4) is 0 Å². The Morgan fingerprint density at radius 2 is 1.57 bits per heavy atom. The van der Waals surface area contributed by atoms with Gasteiger partial charge in [0, 0.05) is 0 Å². The Hall–Kier alpha value is -3.14. The average Bonchev–Trinajstić information content (AvgIpc) is 2.63. The lowest BCUT2D eigenvalue weighted by molar-refractivity contribution is -0.143. The summed E-state index contributed by atoms with van der Waals surface area (Å²) in [6.45, 7) is 2.51. The molecule has 2 unspecified atom stereocenters. The molecular formula is C18H26N4O6. The van der Waals surface area contributed by atoms with Crippen LogP contribution in [0.2, 0.25) is 0 Å². The predicted molar refractivity (Wildman–Crippen MR) is 100 cm³/mol. The largest absolute Gasteiger partial charge is 0.508 e. The van der Waals surface area contributed by atoms with Crippen molar-refractivity contribution in [3.05, 3.63) is 29.8 Å². The molecule has 0 saturated heterocycles. The number of benzene rings is 1. The van der Waals surface area contributed by atoms with Gasteiger partial charge in [-0.15, -0.1) is 0 Å². The summed E-state index contributed by atoms with van der Waals surface area (Å²) in [5, 5.41) is 25.2. The van der Waals surface area contributed by atoms with Crippen molar-refractivity contribution in [2.75, 3.05) is 13.1 Å². The molecule has 28 heavy (non-hydrogen) atoms. The highest BCUT2D eigenvalue weighted by Gasteiger charge is 2.23. The number of phenolic OH excluding ortho intramolecular Hbond substituents is 1. The molecule has 0 aliphatic rings. The first-order chi connectivity index (χ1) is 13.1. The van der Waals surface area contributed by atoms with E-state index >= 15 is 0 Å². The average molecular weight is 394 g/mol. The molecule has 0 saturated carbocycles. The first-order valence-corrected chi connectivity index (χ1v) is 8.70. The minimum atomic E-state index is -1.16. The third-order valence-corrected chi connectivity index (χ3v) is 3.85. The monoisotopic (exact) mass is 394 g/mol. The Bertz CT molecular complexity index is 705. The molecule has 0 aliphatic carbocycles. The van der Waals surface area contributed by atoms with Crippen molar-refractivity contribution in [2.24, 2.45) is 11.7 Å². The minimum Gasteiger partial charge on any atom is -0.508 e. The van der Waals surface area contributed by atoms with E-state index in [2.05, 4.69) is 16.0 Å². The first kappa shape index (κ1) is 22.9. The fraction of sp³-hybridized carbons (Fsp3) is 0.444. The van der Waals surface area contributed by atoms with E-state index < -0.39 is 42.3 Å². The Balaban J connectivity index is 2.34. The SMILES string of the molecule is CC(C)C(NC(=O)CNC(=O)CNC(=O)C(N)Cc1ccc(O)cc1)C(=O)O. The van der Waals surface area contributed by atoms with Crippen LogP contribution in [0.4, 0.5) is 0 Å². The maximum Gasteiger partial charge on any atom is 0.326 e. The van der Waals surface area contributed by atoms with E-state index in [-0.39, 0.29) is 24.6 Å². The Morgan fingerprint density at radius 1 is 1.00 bits per heavy atom. The summed E-state index contributed by atoms with van der Waals surface area (Å²) in [7, 11) is 0. The van der Waals surface area contributed by atoms with Crippen molar-refractivity contribution in [3.8, 4) is 5.75 Å². The summed E-state index contributed by atoms with van der Waals surface area (Å²) in [6.07, 6.45) is 0.224. The number of carboxylic acid groups (broad SMARTS) is 1. The number of nitrogens with one attached hydrogen (secondary N) is 3. The van der Waals surface area contributed by atoms with Gasteiger partial charge in [-0.05, 0) is 30.0 Å². The fourth-order valence-electron chi connectivity index (χ4n) is 2.26. The predicted octanol–water partition coefficient (Wildman–Crippen LogP) is -1.28. The van der Waals surface area contributed by atoms with Crippen molar-refractivity contribution < 1.29 is 29.4 Å². The number of carbonyl (C=O) groups is 4. The molecule has 10 nitrogen and oxygen atoms in total. The number of carboxylic acids is 1. The Morgan fingerprint density at radius 3 is 2.11 bits per heavy atom. The van der Waals surface area contributed by atoms with E-state index in [1.165, 1.54) is 12.1 Å². The van der Waals surface area contributed by atoms with Crippen LogP contribution >= 0.6 is 0 Å². The highest BCUT2D eigenvalue weighted by Crippen LogP contribution is 2.10. The molecule has 154 valence electrons. The zero-order chi connectivity index (χ0) is 21.3. The molecule has 0 aromatic heterocycles. The van der Waals surface area contributed by atoms with Crippen LogP contribution in [-0.2, 0) is 25.6 Å². The zero-order valence-electron chi connectivity index (χ0n) is 15.8. The summed E-state index contributed by atoms with van der Waals surface area (Å²) < 4.78 is 0. The minimum absolute atomic E-state index is 0.102. The highest BCUT2D eigenvalue weighted by molar-refractivity contribution is 5.90. The van der Waals surface area contributed by atoms with E-state index in [9.17, 15) is 24.3 Å². The molecule has 1 aromatic carbocycles. The lowest BCUT2D eigenvalue weighted by Crippen LogP contribution is -2.50. The van der Waals surface area contributed by atoms with Gasteiger partial charge in [-0.2, -0.15) is 0 Å². The lowest BCUT2D eigenvalue weighted by atomic mass is 10.1. The summed E-state index contributed by atoms with van der Waals surface area (Å²) in [5.74, 6) is -3.18. The second-order valence-corrected chi connectivity index (χ2v) is 6.60. The number of rotatable bonds is 10. The lowest BCUT2D eigenvalue weighted by Gasteiger charge is -2.18. The van der Waals surface area contributed by atoms with Crippen LogP contribution in [0.15, 0.2) is 24.3 Å². The number of aromatic hydroxyl groups is 1. The van der Waals surface area contributed by atoms with E-state index in [0.717, 1.165) is 5.56 Å². The van der Waals surface area contributed by atoms with Crippen molar-refractivity contribution in [1.29, 1.82) is 0 Å². The van der Waals surface area contributed by atoms with Crippen molar-refractivity contribution in [3.63, 3.8) is 0 Å². The van der Waals surface area contributed by atoms with E-state index in [1.54, 1.807) is 26.0 Å². The number of amides is 3. The zero-order valence-corrected chi connectivity index (χ0v) is 15.8. The van der Waals surface area contributed by atoms with Gasteiger partial charge in [0.2, 0.25) is 17.7 Å². The van der Waals surface area contributed by atoms with Gasteiger partial charge in [0.05, 0.1) is 19.1 Å². The van der Waals surface area contributed by atoms with Gasteiger partial charge >= 0.3 is 5.97 Å². The number of hydrogen-bond donors (Lipinski definition) is 6. The second kappa shape index (κ2) is 10.9. The van der Waals surface area contributed by atoms with Crippen LogP contribution in [0.5, 0.6) is 5.75 Å². The van der Waals surface area contributed by atoms with Gasteiger partial charge in [-0.25, -0.2) is 4.79 Å². The molecule has 0 heterocycles. The van der Waals surface area contributed by atoms with Crippen LogP contribution in [0, 0.1) is 5.92 Å². The number of phenols is 1. The molecule has 0 radical (unpaired) electrons. The summed E-state index contributed by atoms with van der Waals surface area (Å²) in [6, 6.07) is 4.29. The topological polar surface area (TPSA) is 171 Å². The summed E-state index contributed by atoms with van der Waals surface area (Å²) >= 11 is 0. The fourth-order valence-corrected chi connectivity index (χ4v) is 2.26. The normalized spacial score (nSPS) is 12.7. The van der Waals surface area contributed by atoms with Gasteiger partial charge in [-0.3, -0.25) is 14.4 Å². The third-order valence-electron chi connectivity index (χ3n) is 3.85. The maximum absolute atomic E-state index is 11.9. The van der Waals surface area contributed by atoms with E-state index in [4.69, 9.17) is 10.8 Å². The van der Waals surface area contributed by atoms with E-state index in [1.807, 2.05) is 0 Å². The van der Waals surface area contributed by atoms with Crippen LogP contribution in [0.1, 0.15) is 19.4 Å².